The van der Waals surface area contributed by atoms with Crippen molar-refractivity contribution in [2.45, 2.75) is 63.3 Å². The molecule has 240 valence electrons. The van der Waals surface area contributed by atoms with Gasteiger partial charge < -0.3 is 11.1 Å². The van der Waals surface area contributed by atoms with E-state index in [4.69, 9.17) is 23.2 Å². The molecule has 13 heteroatoms. The first-order valence-electron chi connectivity index (χ1n) is 14.9. The van der Waals surface area contributed by atoms with Crippen molar-refractivity contribution in [1.29, 1.82) is 0 Å². The fourth-order valence-electron chi connectivity index (χ4n) is 6.32. The normalized spacial score (nSPS) is 23.4. The summed E-state index contributed by atoms with van der Waals surface area (Å²) < 4.78 is 40.8. The third-order valence-corrected chi connectivity index (χ3v) is 8.93. The number of rotatable bonds is 4. The average Bonchev–Trinajstić information content (AvgIpc) is 2.98. The molecule has 2 aliphatic heterocycles. The first-order valence-corrected chi connectivity index (χ1v) is 15.3. The van der Waals surface area contributed by atoms with E-state index in [2.05, 4.69) is 34.4 Å². The van der Waals surface area contributed by atoms with Crippen LogP contribution in [0.3, 0.4) is 0 Å². The predicted molar refractivity (Wildman–Crippen MR) is 168 cm³/mol. The van der Waals surface area contributed by atoms with Crippen LogP contribution >= 0.6 is 11.6 Å². The first-order chi connectivity index (χ1) is 21.3. The summed E-state index contributed by atoms with van der Waals surface area (Å²) in [4.78, 5) is 33.7. The molecule has 5 rings (SSSR count). The van der Waals surface area contributed by atoms with Crippen molar-refractivity contribution in [2.24, 2.45) is 17.5 Å². The Hall–Kier alpha value is -3.87. The van der Waals surface area contributed by atoms with Crippen LogP contribution in [0, 0.1) is 5.92 Å². The number of hydrogen-bond donors (Lipinski definition) is 3. The number of hydrogen-bond acceptors (Lipinski definition) is 7. The number of fused-ring (bicyclic) bond motifs is 4. The van der Waals surface area contributed by atoms with Gasteiger partial charge >= 0.3 is 6.18 Å². The number of nitrogens with one attached hydrogen (secondary N) is 1. The Balaban J connectivity index is 1.55. The van der Waals surface area contributed by atoms with Crippen LogP contribution in [0.1, 0.15) is 62.2 Å². The van der Waals surface area contributed by atoms with E-state index < -0.39 is 11.9 Å². The van der Waals surface area contributed by atoms with Crippen LogP contribution in [-0.4, -0.2) is 46.2 Å². The third-order valence-electron chi connectivity index (χ3n) is 8.70. The number of aromatic nitrogens is 2. The molecule has 5 N–H and O–H groups in total. The van der Waals surface area contributed by atoms with Gasteiger partial charge in [0.2, 0.25) is 5.91 Å². The van der Waals surface area contributed by atoms with Gasteiger partial charge in [0.15, 0.2) is 0 Å². The Morgan fingerprint density at radius 2 is 1.84 bits per heavy atom. The van der Waals surface area contributed by atoms with E-state index in [0.717, 1.165) is 35.5 Å². The number of alkyl halides is 3. The number of anilines is 1. The highest BCUT2D eigenvalue weighted by Gasteiger charge is 2.34. The molecule has 1 fully saturated rings. The summed E-state index contributed by atoms with van der Waals surface area (Å²) in [6.45, 7) is 2.84. The number of allylic oxidation sites excluding steroid dienone is 1. The Morgan fingerprint density at radius 1 is 1.09 bits per heavy atom. The minimum atomic E-state index is -4.78. The van der Waals surface area contributed by atoms with Crippen LogP contribution in [0.4, 0.5) is 18.9 Å². The summed E-state index contributed by atoms with van der Waals surface area (Å²) in [6.07, 6.45) is 1.04. The second kappa shape index (κ2) is 13.2. The summed E-state index contributed by atoms with van der Waals surface area (Å²) in [6, 6.07) is 13.4. The van der Waals surface area contributed by atoms with Crippen molar-refractivity contribution in [1.82, 2.24) is 19.8 Å². The van der Waals surface area contributed by atoms with Gasteiger partial charge in [-0.2, -0.15) is 13.2 Å². The molecule has 1 aromatic heterocycles. The molecule has 0 aliphatic carbocycles. The van der Waals surface area contributed by atoms with E-state index in [1.807, 2.05) is 19.1 Å². The largest absolute Gasteiger partial charge is 0.432 e. The number of piperidine rings is 1. The molecule has 0 radical (unpaired) electrons. The number of halogens is 4. The molecule has 1 amide bonds. The van der Waals surface area contributed by atoms with Crippen LogP contribution in [0.2, 0.25) is 5.02 Å². The van der Waals surface area contributed by atoms with E-state index in [0.29, 0.717) is 25.5 Å². The SMILES string of the molecule is CC1CCCC(n2cnc(-c3cc(Cl)ccc3N(N)/C=C(\N)C(F)(F)F)cc2=O)c2cccc(c2)C2C(CCCN2C)NC1=O. The molecule has 2 bridgehead atoms. The molecule has 0 spiro atoms. The van der Waals surface area contributed by atoms with Crippen LogP contribution in [0.25, 0.3) is 11.3 Å². The van der Waals surface area contributed by atoms with E-state index >= 15 is 0 Å². The number of hydrazine groups is 1. The number of nitrogens with zero attached hydrogens (tertiary/aromatic N) is 4. The van der Waals surface area contributed by atoms with Gasteiger partial charge in [-0.25, -0.2) is 10.8 Å². The Kier molecular flexibility index (Phi) is 9.57. The minimum absolute atomic E-state index is 0.00644. The quantitative estimate of drug-likeness (QED) is 0.262. The van der Waals surface area contributed by atoms with Crippen molar-refractivity contribution >= 4 is 23.2 Å². The minimum Gasteiger partial charge on any atom is -0.393 e. The van der Waals surface area contributed by atoms with Gasteiger partial charge in [0, 0.05) is 34.8 Å². The predicted octanol–water partition coefficient (Wildman–Crippen LogP) is 5.27. The molecular weight excluding hydrogens is 607 g/mol. The molecule has 3 heterocycles. The number of likely N-dealkylation sites (N-methyl/N-ethyl adjacent to an activating group) is 1. The molecule has 45 heavy (non-hydrogen) atoms. The average molecular weight is 644 g/mol. The molecule has 2 aliphatic rings. The molecule has 4 atom stereocenters. The van der Waals surface area contributed by atoms with Gasteiger partial charge in [0.25, 0.3) is 5.56 Å². The molecule has 1 saturated heterocycles. The fourth-order valence-corrected chi connectivity index (χ4v) is 6.49. The molecule has 4 unspecified atom stereocenters. The zero-order chi connectivity index (χ0) is 32.5. The van der Waals surface area contributed by atoms with E-state index in [9.17, 15) is 22.8 Å². The molecular formula is C32H37ClF3N7O2. The van der Waals surface area contributed by atoms with E-state index in [1.165, 1.54) is 30.6 Å². The van der Waals surface area contributed by atoms with Crippen molar-refractivity contribution < 1.29 is 18.0 Å². The van der Waals surface area contributed by atoms with Crippen molar-refractivity contribution in [2.75, 3.05) is 18.6 Å². The fraction of sp³-hybridized carbons (Fsp3) is 0.406. The second-order valence-corrected chi connectivity index (χ2v) is 12.3. The highest BCUT2D eigenvalue weighted by molar-refractivity contribution is 6.31. The van der Waals surface area contributed by atoms with Gasteiger partial charge in [-0.1, -0.05) is 49.2 Å². The molecule has 9 nitrogen and oxygen atoms in total. The lowest BCUT2D eigenvalue weighted by Crippen LogP contribution is -2.50. The second-order valence-electron chi connectivity index (χ2n) is 11.9. The van der Waals surface area contributed by atoms with Crippen LogP contribution in [-0.2, 0) is 4.79 Å². The Bertz CT molecular complexity index is 1640. The standard InChI is InChI=1S/C32H37ClF3N7O2/c1-19-6-3-10-26(20-7-4-8-21(14-20)30-24(40-31(19)45)9-5-13-41(30)2)42-18-39-25(16-29(42)44)23-15-22(33)11-12-27(23)43(38)17-28(37)32(34,35)36/h4,7-8,11-12,14-19,24,26,30H,3,5-6,9-10,13,37-38H2,1-2H3,(H,40,45)/b28-17-. The monoisotopic (exact) mass is 643 g/mol. The van der Waals surface area contributed by atoms with Crippen molar-refractivity contribution in [3.8, 4) is 11.3 Å². The molecule has 3 aromatic rings. The third kappa shape index (κ3) is 7.18. The Labute approximate surface area is 264 Å². The zero-order valence-electron chi connectivity index (χ0n) is 25.1. The summed E-state index contributed by atoms with van der Waals surface area (Å²) in [5.41, 5.74) is 6.00. The topological polar surface area (TPSA) is 123 Å². The van der Waals surface area contributed by atoms with E-state index in [1.54, 1.807) is 4.57 Å². The maximum atomic E-state index is 13.7. The van der Waals surface area contributed by atoms with E-state index in [-0.39, 0.29) is 57.5 Å². The summed E-state index contributed by atoms with van der Waals surface area (Å²) >= 11 is 6.23. The number of likely N-dealkylation sites (tertiary alicyclic amines) is 1. The van der Waals surface area contributed by atoms with Crippen LogP contribution < -0.4 is 27.5 Å². The lowest BCUT2D eigenvalue weighted by molar-refractivity contribution is -0.126. The summed E-state index contributed by atoms with van der Waals surface area (Å²) in [5, 5.41) is 4.31. The van der Waals surface area contributed by atoms with Gasteiger partial charge in [0.1, 0.15) is 5.70 Å². The summed E-state index contributed by atoms with van der Waals surface area (Å²) in [7, 11) is 2.06. The zero-order valence-corrected chi connectivity index (χ0v) is 25.9. The molecule has 2 aromatic carbocycles. The summed E-state index contributed by atoms with van der Waals surface area (Å²) in [5.74, 6) is 5.80. The number of benzene rings is 2. The maximum absolute atomic E-state index is 13.7. The van der Waals surface area contributed by atoms with Crippen LogP contribution in [0.15, 0.2) is 71.5 Å². The maximum Gasteiger partial charge on any atom is 0.432 e. The van der Waals surface area contributed by atoms with Gasteiger partial charge in [-0.05, 0) is 68.6 Å². The van der Waals surface area contributed by atoms with Gasteiger partial charge in [0.05, 0.1) is 29.8 Å². The number of amides is 1. The Morgan fingerprint density at radius 3 is 2.58 bits per heavy atom. The van der Waals surface area contributed by atoms with Crippen LogP contribution in [0.5, 0.6) is 0 Å². The highest BCUT2D eigenvalue weighted by Crippen LogP contribution is 2.35. The van der Waals surface area contributed by atoms with Gasteiger partial charge in [-0.3, -0.25) is 24.1 Å². The lowest BCUT2D eigenvalue weighted by atomic mass is 9.87. The molecule has 0 saturated carbocycles. The highest BCUT2D eigenvalue weighted by atomic mass is 35.5. The van der Waals surface area contributed by atoms with Gasteiger partial charge in [-0.15, -0.1) is 0 Å². The lowest BCUT2D eigenvalue weighted by Gasteiger charge is -2.40. The number of carbonyl (C=O) groups is 1. The smallest absolute Gasteiger partial charge is 0.393 e. The van der Waals surface area contributed by atoms with Crippen molar-refractivity contribution in [3.63, 3.8) is 0 Å². The number of nitrogens with two attached hydrogens (primary N) is 2. The number of carbonyl (C=O) groups excluding carboxylic acids is 1. The van der Waals surface area contributed by atoms with Crippen molar-refractivity contribution in [3.05, 3.63) is 93.3 Å². The first kappa shape index (κ1) is 32.5.